The molecule has 18 heteroatoms. The third-order valence-corrected chi connectivity index (χ3v) is 6.76. The van der Waals surface area contributed by atoms with Gasteiger partial charge in [-0.3, -0.25) is 10.6 Å². The second kappa shape index (κ2) is 13.0. The molecule has 0 aliphatic carbocycles. The molecule has 0 aromatic heterocycles. The fourth-order valence-electron chi connectivity index (χ4n) is 4.72. The van der Waals surface area contributed by atoms with E-state index in [9.17, 15) is 52.7 Å². The van der Waals surface area contributed by atoms with Gasteiger partial charge in [0, 0.05) is 12.1 Å². The Labute approximate surface area is 267 Å². The van der Waals surface area contributed by atoms with Crippen molar-refractivity contribution >= 4 is 11.4 Å². The molecule has 0 fully saturated rings. The summed E-state index contributed by atoms with van der Waals surface area (Å²) in [6.07, 6.45) is -19.1. The fraction of sp³-hybridized carbons (Fsp3) is 0.161. The van der Waals surface area contributed by atoms with Crippen molar-refractivity contribution in [2.75, 3.05) is 10.6 Å². The first-order valence-corrected chi connectivity index (χ1v) is 13.1. The predicted octanol–water partition coefficient (Wildman–Crippen LogP) is 10.5. The van der Waals surface area contributed by atoms with Crippen LogP contribution in [0.4, 0.5) is 64.1 Å². The highest BCUT2D eigenvalue weighted by Crippen LogP contribution is 2.56. The molecule has 0 saturated carbocycles. The minimum absolute atomic E-state index is 0.364. The van der Waals surface area contributed by atoms with Crippen LogP contribution in [0.15, 0.2) is 84.9 Å². The predicted molar refractivity (Wildman–Crippen MR) is 147 cm³/mol. The lowest BCUT2D eigenvalue weighted by Gasteiger charge is -2.38. The van der Waals surface area contributed by atoms with Gasteiger partial charge in [-0.15, -0.1) is 0 Å². The molecule has 4 aromatic rings. The highest BCUT2D eigenvalue weighted by molar-refractivity contribution is 5.56. The Hall–Kier alpha value is -5.78. The molecule has 0 unspecified atom stereocenters. The van der Waals surface area contributed by atoms with E-state index in [4.69, 9.17) is 20.0 Å². The van der Waals surface area contributed by atoms with Crippen molar-refractivity contribution in [3.05, 3.63) is 107 Å². The van der Waals surface area contributed by atoms with Crippen LogP contribution >= 0.6 is 0 Å². The molecular formula is C31H16F12N4O2. The van der Waals surface area contributed by atoms with Crippen LogP contribution in [0.1, 0.15) is 22.3 Å². The Morgan fingerprint density at radius 1 is 0.429 bits per heavy atom. The number of anilines is 2. The molecule has 0 heterocycles. The standard InChI is InChI=1S/C31H16F12N4O2/c32-28(33,34)19-9-21(46-15-44)13-25(11-19)48-23-5-1-17(2-6-23)27(30(38,39)40,31(41,42)43)18-3-7-24(8-4-18)49-26-12-20(29(35,36)37)10-22(14-26)47-16-45/h1-14,46-47H. The number of rotatable bonds is 8. The molecule has 2 N–H and O–H groups in total. The van der Waals surface area contributed by atoms with E-state index in [0.717, 1.165) is 12.1 Å². The summed E-state index contributed by atoms with van der Waals surface area (Å²) in [5.41, 5.74) is -10.7. The van der Waals surface area contributed by atoms with Crippen LogP contribution in [-0.2, 0) is 17.8 Å². The highest BCUT2D eigenvalue weighted by atomic mass is 19.4. The van der Waals surface area contributed by atoms with Crippen LogP contribution in [0.25, 0.3) is 0 Å². The molecule has 4 aromatic carbocycles. The minimum Gasteiger partial charge on any atom is -0.457 e. The van der Waals surface area contributed by atoms with E-state index in [0.29, 0.717) is 72.8 Å². The molecule has 0 spiro atoms. The minimum atomic E-state index is -6.05. The van der Waals surface area contributed by atoms with E-state index in [1.165, 1.54) is 12.4 Å². The maximum absolute atomic E-state index is 14.6. The normalized spacial score (nSPS) is 12.4. The van der Waals surface area contributed by atoms with Crippen LogP contribution in [-0.4, -0.2) is 12.4 Å². The summed E-state index contributed by atoms with van der Waals surface area (Å²) in [7, 11) is 0. The van der Waals surface area contributed by atoms with Crippen LogP contribution in [0.5, 0.6) is 23.0 Å². The van der Waals surface area contributed by atoms with E-state index in [2.05, 4.69) is 0 Å². The molecule has 4 rings (SSSR count). The van der Waals surface area contributed by atoms with Crippen molar-refractivity contribution in [1.82, 2.24) is 0 Å². The van der Waals surface area contributed by atoms with Gasteiger partial charge in [0.15, 0.2) is 12.4 Å². The van der Waals surface area contributed by atoms with Gasteiger partial charge < -0.3 is 9.47 Å². The van der Waals surface area contributed by atoms with Gasteiger partial charge in [0.1, 0.15) is 23.0 Å². The Bertz CT molecular complexity index is 1750. The number of halogens is 12. The fourth-order valence-corrected chi connectivity index (χ4v) is 4.72. The second-order valence-electron chi connectivity index (χ2n) is 9.96. The van der Waals surface area contributed by atoms with Crippen molar-refractivity contribution in [2.24, 2.45) is 0 Å². The van der Waals surface area contributed by atoms with Crippen molar-refractivity contribution < 1.29 is 62.2 Å². The first kappa shape index (κ1) is 36.1. The summed E-state index contributed by atoms with van der Waals surface area (Å²) < 4.78 is 178. The largest absolute Gasteiger partial charge is 0.457 e. The monoisotopic (exact) mass is 704 g/mol. The topological polar surface area (TPSA) is 90.1 Å². The third kappa shape index (κ3) is 7.69. The van der Waals surface area contributed by atoms with Crippen molar-refractivity contribution in [2.45, 2.75) is 30.1 Å². The Balaban J connectivity index is 1.73. The first-order chi connectivity index (χ1) is 22.7. The van der Waals surface area contributed by atoms with Gasteiger partial charge in [-0.25, -0.2) is 0 Å². The molecule has 0 bridgehead atoms. The van der Waals surface area contributed by atoms with Crippen LogP contribution in [0, 0.1) is 22.9 Å². The summed E-state index contributed by atoms with van der Waals surface area (Å²) in [6, 6.07) is 8.31. The lowest BCUT2D eigenvalue weighted by atomic mass is 9.73. The Morgan fingerprint density at radius 3 is 1.02 bits per heavy atom. The quantitative estimate of drug-likeness (QED) is 0.108. The third-order valence-electron chi connectivity index (χ3n) is 6.76. The molecule has 0 saturated heterocycles. The van der Waals surface area contributed by atoms with Gasteiger partial charge in [0.25, 0.3) is 0 Å². The van der Waals surface area contributed by atoms with E-state index in [1.54, 1.807) is 0 Å². The van der Waals surface area contributed by atoms with Crippen molar-refractivity contribution in [3.63, 3.8) is 0 Å². The van der Waals surface area contributed by atoms with Crippen LogP contribution in [0.2, 0.25) is 0 Å². The Kier molecular flexibility index (Phi) is 9.58. The second-order valence-corrected chi connectivity index (χ2v) is 9.96. The van der Waals surface area contributed by atoms with E-state index in [-0.39, 0.29) is 11.4 Å². The molecular weight excluding hydrogens is 688 g/mol. The summed E-state index contributed by atoms with van der Waals surface area (Å²) in [5.74, 6) is -2.02. The van der Waals surface area contributed by atoms with Gasteiger partial charge in [0.2, 0.25) is 5.41 Å². The van der Waals surface area contributed by atoms with Crippen LogP contribution < -0.4 is 20.1 Å². The van der Waals surface area contributed by atoms with Gasteiger partial charge in [-0.05, 0) is 59.7 Å². The maximum atomic E-state index is 14.6. The number of hydrogen-bond acceptors (Lipinski definition) is 6. The lowest BCUT2D eigenvalue weighted by Crippen LogP contribution is -2.54. The van der Waals surface area contributed by atoms with E-state index >= 15 is 0 Å². The number of nitrogens with one attached hydrogen (secondary N) is 2. The highest BCUT2D eigenvalue weighted by Gasteiger charge is 2.72. The zero-order valence-electron chi connectivity index (χ0n) is 23.8. The zero-order valence-corrected chi connectivity index (χ0v) is 23.8. The summed E-state index contributed by atoms with van der Waals surface area (Å²) in [6.45, 7) is 0. The van der Waals surface area contributed by atoms with Crippen LogP contribution in [0.3, 0.4) is 0 Å². The van der Waals surface area contributed by atoms with E-state index in [1.807, 2.05) is 10.6 Å². The molecule has 0 atom stereocenters. The molecule has 6 nitrogen and oxygen atoms in total. The molecule has 0 amide bonds. The lowest BCUT2D eigenvalue weighted by molar-refractivity contribution is -0.288. The number of ether oxygens (including phenoxy) is 2. The number of nitriles is 2. The molecule has 0 radical (unpaired) electrons. The number of alkyl halides is 12. The summed E-state index contributed by atoms with van der Waals surface area (Å²) in [5, 5.41) is 21.4. The number of nitrogens with zero attached hydrogens (tertiary/aromatic N) is 2. The smallest absolute Gasteiger partial charge is 0.416 e. The number of hydrogen-bond donors (Lipinski definition) is 2. The van der Waals surface area contributed by atoms with Gasteiger partial charge in [-0.2, -0.15) is 63.2 Å². The van der Waals surface area contributed by atoms with Crippen molar-refractivity contribution in [3.8, 4) is 35.4 Å². The van der Waals surface area contributed by atoms with Crippen molar-refractivity contribution in [1.29, 1.82) is 10.5 Å². The maximum Gasteiger partial charge on any atom is 0.416 e. The Morgan fingerprint density at radius 2 is 0.755 bits per heavy atom. The number of benzene rings is 4. The SMILES string of the molecule is N#CNc1cc(Oc2ccc(C(c3ccc(Oc4cc(NC#N)cc(C(F)(F)F)c4)cc3)(C(F)(F)F)C(F)(F)F)cc2)cc(C(F)(F)F)c1. The average Bonchev–Trinajstić information content (AvgIpc) is 2.97. The molecule has 49 heavy (non-hydrogen) atoms. The summed E-state index contributed by atoms with van der Waals surface area (Å²) in [4.78, 5) is 0. The summed E-state index contributed by atoms with van der Waals surface area (Å²) >= 11 is 0. The zero-order chi connectivity index (χ0) is 36.4. The molecule has 0 aliphatic heterocycles. The molecule has 256 valence electrons. The van der Waals surface area contributed by atoms with Gasteiger partial charge >= 0.3 is 24.7 Å². The van der Waals surface area contributed by atoms with E-state index < -0.39 is 75.4 Å². The molecule has 0 aliphatic rings. The first-order valence-electron chi connectivity index (χ1n) is 13.1. The van der Waals surface area contributed by atoms with Gasteiger partial charge in [-0.1, -0.05) is 24.3 Å². The van der Waals surface area contributed by atoms with Gasteiger partial charge in [0.05, 0.1) is 22.5 Å². The average molecular weight is 704 g/mol.